The number of benzene rings is 1. The maximum Gasteiger partial charge on any atom is 0.245 e. The summed E-state index contributed by atoms with van der Waals surface area (Å²) in [5.74, 6) is 0.545. The van der Waals surface area contributed by atoms with Crippen molar-refractivity contribution in [2.24, 2.45) is 11.7 Å². The molecule has 2 aliphatic rings. The standard InChI is InChI=1S/C20H29N3O2/c1-14-5-7-16(8-6-14)12-23-18(9-10-19(23)24)20(25)22-11-3-4-17(13-22)15(2)21/h5-8,15,17-18H,3-4,9-13,21H2,1-2H3. The molecule has 0 saturated carbocycles. The first kappa shape index (κ1) is 17.9. The van der Waals surface area contributed by atoms with E-state index in [9.17, 15) is 9.59 Å². The van der Waals surface area contributed by atoms with Gasteiger partial charge in [-0.15, -0.1) is 0 Å². The first-order valence-electron chi connectivity index (χ1n) is 9.35. The molecular formula is C20H29N3O2. The molecule has 2 N–H and O–H groups in total. The van der Waals surface area contributed by atoms with E-state index in [-0.39, 0.29) is 23.9 Å². The minimum Gasteiger partial charge on any atom is -0.341 e. The van der Waals surface area contributed by atoms with E-state index in [2.05, 4.69) is 0 Å². The summed E-state index contributed by atoms with van der Waals surface area (Å²) >= 11 is 0. The Bertz CT molecular complexity index is 626. The van der Waals surface area contributed by atoms with Gasteiger partial charge in [0.2, 0.25) is 11.8 Å². The quantitative estimate of drug-likeness (QED) is 0.910. The second-order valence-electron chi connectivity index (χ2n) is 7.61. The zero-order valence-electron chi connectivity index (χ0n) is 15.3. The Labute approximate surface area is 150 Å². The van der Waals surface area contributed by atoms with Gasteiger partial charge in [0.05, 0.1) is 0 Å². The predicted octanol–water partition coefficient (Wildman–Crippen LogP) is 2.07. The van der Waals surface area contributed by atoms with Crippen LogP contribution in [0.2, 0.25) is 0 Å². The van der Waals surface area contributed by atoms with Crippen LogP contribution in [0.5, 0.6) is 0 Å². The van der Waals surface area contributed by atoms with Crippen molar-refractivity contribution < 1.29 is 9.59 Å². The molecule has 5 heteroatoms. The summed E-state index contributed by atoms with van der Waals surface area (Å²) in [5, 5.41) is 0. The predicted molar refractivity (Wildman–Crippen MR) is 97.7 cm³/mol. The fraction of sp³-hybridized carbons (Fsp3) is 0.600. The summed E-state index contributed by atoms with van der Waals surface area (Å²) in [6, 6.07) is 7.95. The van der Waals surface area contributed by atoms with Crippen LogP contribution in [-0.4, -0.2) is 46.8 Å². The Morgan fingerprint density at radius 3 is 2.68 bits per heavy atom. The molecule has 3 atom stereocenters. The highest BCUT2D eigenvalue weighted by atomic mass is 16.2. The van der Waals surface area contributed by atoms with Crippen LogP contribution in [-0.2, 0) is 16.1 Å². The number of amides is 2. The number of carbonyl (C=O) groups excluding carboxylic acids is 2. The van der Waals surface area contributed by atoms with Crippen molar-refractivity contribution in [3.63, 3.8) is 0 Å². The summed E-state index contributed by atoms with van der Waals surface area (Å²) in [5.41, 5.74) is 8.31. The van der Waals surface area contributed by atoms with Crippen molar-refractivity contribution in [2.75, 3.05) is 13.1 Å². The molecule has 2 amide bonds. The molecule has 2 saturated heterocycles. The highest BCUT2D eigenvalue weighted by Gasteiger charge is 2.39. The van der Waals surface area contributed by atoms with E-state index in [1.54, 1.807) is 4.90 Å². The van der Waals surface area contributed by atoms with Crippen LogP contribution >= 0.6 is 0 Å². The summed E-state index contributed by atoms with van der Waals surface area (Å²) in [6.45, 7) is 6.08. The molecule has 2 heterocycles. The van der Waals surface area contributed by atoms with E-state index in [1.807, 2.05) is 43.0 Å². The summed E-state index contributed by atoms with van der Waals surface area (Å²) < 4.78 is 0. The molecule has 0 radical (unpaired) electrons. The van der Waals surface area contributed by atoms with Crippen molar-refractivity contribution in [2.45, 2.75) is 58.2 Å². The van der Waals surface area contributed by atoms with Crippen LogP contribution in [0.1, 0.15) is 43.7 Å². The lowest BCUT2D eigenvalue weighted by Crippen LogP contribution is -2.51. The summed E-state index contributed by atoms with van der Waals surface area (Å²) in [7, 11) is 0. The maximum absolute atomic E-state index is 13.1. The molecule has 2 fully saturated rings. The van der Waals surface area contributed by atoms with Crippen molar-refractivity contribution >= 4 is 11.8 Å². The largest absolute Gasteiger partial charge is 0.341 e. The molecular weight excluding hydrogens is 314 g/mol. The van der Waals surface area contributed by atoms with E-state index in [1.165, 1.54) is 5.56 Å². The fourth-order valence-corrected chi connectivity index (χ4v) is 3.93. The number of likely N-dealkylation sites (tertiary alicyclic amines) is 2. The number of piperidine rings is 1. The van der Waals surface area contributed by atoms with Crippen molar-refractivity contribution in [1.29, 1.82) is 0 Å². The molecule has 1 aromatic carbocycles. The lowest BCUT2D eigenvalue weighted by molar-refractivity contribution is -0.143. The molecule has 136 valence electrons. The Hall–Kier alpha value is -1.88. The van der Waals surface area contributed by atoms with Gasteiger partial charge in [0.15, 0.2) is 0 Å². The van der Waals surface area contributed by atoms with E-state index in [0.29, 0.717) is 25.3 Å². The van der Waals surface area contributed by atoms with Gasteiger partial charge in [0.25, 0.3) is 0 Å². The Kier molecular flexibility index (Phi) is 5.42. The van der Waals surface area contributed by atoms with Gasteiger partial charge in [-0.2, -0.15) is 0 Å². The van der Waals surface area contributed by atoms with Crippen molar-refractivity contribution in [3.05, 3.63) is 35.4 Å². The molecule has 25 heavy (non-hydrogen) atoms. The van der Waals surface area contributed by atoms with Gasteiger partial charge >= 0.3 is 0 Å². The molecule has 0 aliphatic carbocycles. The van der Waals surface area contributed by atoms with Gasteiger partial charge in [-0.25, -0.2) is 0 Å². The molecule has 3 rings (SSSR count). The molecule has 2 aliphatic heterocycles. The van der Waals surface area contributed by atoms with Gasteiger partial charge in [0, 0.05) is 32.1 Å². The number of hydrogen-bond acceptors (Lipinski definition) is 3. The molecule has 3 unspecified atom stereocenters. The minimum atomic E-state index is -0.319. The number of hydrogen-bond donors (Lipinski definition) is 1. The van der Waals surface area contributed by atoms with Crippen LogP contribution in [0.25, 0.3) is 0 Å². The highest BCUT2D eigenvalue weighted by molar-refractivity contribution is 5.91. The third-order valence-electron chi connectivity index (χ3n) is 5.60. The first-order valence-corrected chi connectivity index (χ1v) is 9.35. The van der Waals surface area contributed by atoms with Gasteiger partial charge in [-0.3, -0.25) is 9.59 Å². The maximum atomic E-state index is 13.1. The van der Waals surface area contributed by atoms with E-state index < -0.39 is 0 Å². The molecule has 0 bridgehead atoms. The average molecular weight is 343 g/mol. The van der Waals surface area contributed by atoms with E-state index in [0.717, 1.165) is 31.5 Å². The molecule has 5 nitrogen and oxygen atoms in total. The molecule has 0 spiro atoms. The summed E-state index contributed by atoms with van der Waals surface area (Å²) in [6.07, 6.45) is 3.17. The Morgan fingerprint density at radius 2 is 2.00 bits per heavy atom. The minimum absolute atomic E-state index is 0.0830. The number of nitrogens with two attached hydrogens (primary N) is 1. The zero-order chi connectivity index (χ0) is 18.0. The number of nitrogens with zero attached hydrogens (tertiary/aromatic N) is 2. The number of aryl methyl sites for hydroxylation is 1. The third-order valence-corrected chi connectivity index (χ3v) is 5.60. The highest BCUT2D eigenvalue weighted by Crippen LogP contribution is 2.26. The number of rotatable bonds is 4. The third kappa shape index (κ3) is 4.03. The van der Waals surface area contributed by atoms with Crippen molar-refractivity contribution in [1.82, 2.24) is 9.80 Å². The van der Waals surface area contributed by atoms with Crippen LogP contribution < -0.4 is 5.73 Å². The van der Waals surface area contributed by atoms with Gasteiger partial charge in [-0.05, 0) is 44.6 Å². The van der Waals surface area contributed by atoms with Crippen LogP contribution in [0, 0.1) is 12.8 Å². The lowest BCUT2D eigenvalue weighted by atomic mass is 9.91. The zero-order valence-corrected chi connectivity index (χ0v) is 15.3. The molecule has 0 aromatic heterocycles. The number of carbonyl (C=O) groups is 2. The smallest absolute Gasteiger partial charge is 0.245 e. The Balaban J connectivity index is 1.70. The fourth-order valence-electron chi connectivity index (χ4n) is 3.93. The van der Waals surface area contributed by atoms with E-state index in [4.69, 9.17) is 5.73 Å². The van der Waals surface area contributed by atoms with Crippen LogP contribution in [0.15, 0.2) is 24.3 Å². The normalized spacial score (nSPS) is 25.3. The van der Waals surface area contributed by atoms with Gasteiger partial charge in [-0.1, -0.05) is 29.8 Å². The average Bonchev–Trinajstić information content (AvgIpc) is 2.97. The Morgan fingerprint density at radius 1 is 1.28 bits per heavy atom. The summed E-state index contributed by atoms with van der Waals surface area (Å²) in [4.78, 5) is 29.1. The lowest BCUT2D eigenvalue weighted by Gasteiger charge is -2.37. The first-order chi connectivity index (χ1) is 12.0. The SMILES string of the molecule is Cc1ccc(CN2C(=O)CCC2C(=O)N2CCCC(C(C)N)C2)cc1. The molecule has 1 aromatic rings. The van der Waals surface area contributed by atoms with E-state index >= 15 is 0 Å². The van der Waals surface area contributed by atoms with Crippen LogP contribution in [0.3, 0.4) is 0 Å². The van der Waals surface area contributed by atoms with Crippen LogP contribution in [0.4, 0.5) is 0 Å². The second kappa shape index (κ2) is 7.56. The monoisotopic (exact) mass is 343 g/mol. The second-order valence-corrected chi connectivity index (χ2v) is 7.61. The van der Waals surface area contributed by atoms with Crippen molar-refractivity contribution in [3.8, 4) is 0 Å². The topological polar surface area (TPSA) is 66.6 Å². The van der Waals surface area contributed by atoms with Gasteiger partial charge in [0.1, 0.15) is 6.04 Å². The van der Waals surface area contributed by atoms with Gasteiger partial charge < -0.3 is 15.5 Å².